The molecule has 2 atom stereocenters. The van der Waals surface area contributed by atoms with E-state index in [-0.39, 0.29) is 0 Å². The SMILES string of the molecule is C[C@H](NC1CCc2ccccc2C1)c1cccs1. The average molecular weight is 257 g/mol. The van der Waals surface area contributed by atoms with Crippen LogP contribution < -0.4 is 5.32 Å². The van der Waals surface area contributed by atoms with E-state index in [2.05, 4.69) is 54.0 Å². The molecule has 2 heteroatoms. The van der Waals surface area contributed by atoms with E-state index in [9.17, 15) is 0 Å². The summed E-state index contributed by atoms with van der Waals surface area (Å²) in [6.07, 6.45) is 3.64. The van der Waals surface area contributed by atoms with Crippen molar-refractivity contribution < 1.29 is 0 Å². The van der Waals surface area contributed by atoms with Gasteiger partial charge in [0.15, 0.2) is 0 Å². The molecule has 0 saturated carbocycles. The third kappa shape index (κ3) is 2.50. The highest BCUT2D eigenvalue weighted by molar-refractivity contribution is 7.10. The van der Waals surface area contributed by atoms with E-state index in [0.29, 0.717) is 12.1 Å². The van der Waals surface area contributed by atoms with E-state index in [1.54, 1.807) is 5.56 Å². The van der Waals surface area contributed by atoms with E-state index in [0.717, 1.165) is 0 Å². The summed E-state index contributed by atoms with van der Waals surface area (Å²) in [7, 11) is 0. The number of nitrogens with one attached hydrogen (secondary N) is 1. The van der Waals surface area contributed by atoms with Gasteiger partial charge in [-0.15, -0.1) is 11.3 Å². The molecule has 1 N–H and O–H groups in total. The summed E-state index contributed by atoms with van der Waals surface area (Å²) < 4.78 is 0. The van der Waals surface area contributed by atoms with Crippen LogP contribution in [0.1, 0.15) is 35.4 Å². The number of hydrogen-bond donors (Lipinski definition) is 1. The van der Waals surface area contributed by atoms with Gasteiger partial charge in [0.1, 0.15) is 0 Å². The van der Waals surface area contributed by atoms with Gasteiger partial charge in [0.2, 0.25) is 0 Å². The molecule has 1 heterocycles. The summed E-state index contributed by atoms with van der Waals surface area (Å²) in [6, 6.07) is 14.3. The molecule has 1 aliphatic rings. The van der Waals surface area contributed by atoms with Crippen molar-refractivity contribution >= 4 is 11.3 Å². The van der Waals surface area contributed by atoms with Gasteiger partial charge < -0.3 is 5.32 Å². The number of aryl methyl sites for hydroxylation is 1. The molecule has 0 fully saturated rings. The van der Waals surface area contributed by atoms with Gasteiger partial charge in [-0.3, -0.25) is 0 Å². The molecule has 1 aliphatic carbocycles. The maximum Gasteiger partial charge on any atom is 0.0388 e. The van der Waals surface area contributed by atoms with Gasteiger partial charge in [0.05, 0.1) is 0 Å². The molecule has 0 amide bonds. The second kappa shape index (κ2) is 5.25. The zero-order valence-electron chi connectivity index (χ0n) is 10.7. The molecule has 1 aromatic carbocycles. The van der Waals surface area contributed by atoms with Crippen LogP contribution in [-0.2, 0) is 12.8 Å². The standard InChI is InChI=1S/C16H19NS/c1-12(16-7-4-10-18-16)17-15-9-8-13-5-2-3-6-14(13)11-15/h2-7,10,12,15,17H,8-9,11H2,1H3/t12-,15?/m0/s1. The van der Waals surface area contributed by atoms with Gasteiger partial charge in [-0.05, 0) is 48.8 Å². The molecule has 0 aliphatic heterocycles. The molecule has 1 nitrogen and oxygen atoms in total. The molecule has 0 radical (unpaired) electrons. The monoisotopic (exact) mass is 257 g/mol. The summed E-state index contributed by atoms with van der Waals surface area (Å²) in [4.78, 5) is 1.44. The summed E-state index contributed by atoms with van der Waals surface area (Å²) in [6.45, 7) is 2.27. The highest BCUT2D eigenvalue weighted by atomic mass is 32.1. The van der Waals surface area contributed by atoms with Gasteiger partial charge in [-0.2, -0.15) is 0 Å². The first kappa shape index (κ1) is 11.9. The van der Waals surface area contributed by atoms with Gasteiger partial charge in [-0.25, -0.2) is 0 Å². The molecule has 2 aromatic rings. The Morgan fingerprint density at radius 2 is 2.00 bits per heavy atom. The minimum absolute atomic E-state index is 0.472. The number of fused-ring (bicyclic) bond motifs is 1. The van der Waals surface area contributed by atoms with Crippen molar-refractivity contribution in [2.45, 2.75) is 38.3 Å². The Balaban J connectivity index is 1.66. The maximum atomic E-state index is 3.77. The topological polar surface area (TPSA) is 12.0 Å². The lowest BCUT2D eigenvalue weighted by Gasteiger charge is -2.28. The van der Waals surface area contributed by atoms with Crippen molar-refractivity contribution in [1.82, 2.24) is 5.32 Å². The summed E-state index contributed by atoms with van der Waals surface area (Å²) >= 11 is 1.84. The zero-order chi connectivity index (χ0) is 12.4. The van der Waals surface area contributed by atoms with Crippen LogP contribution in [0.2, 0.25) is 0 Å². The molecule has 3 rings (SSSR count). The van der Waals surface area contributed by atoms with E-state index >= 15 is 0 Å². The van der Waals surface area contributed by atoms with Crippen molar-refractivity contribution in [3.63, 3.8) is 0 Å². The van der Waals surface area contributed by atoms with Crippen LogP contribution in [-0.4, -0.2) is 6.04 Å². The fourth-order valence-corrected chi connectivity index (χ4v) is 3.56. The van der Waals surface area contributed by atoms with Crippen LogP contribution in [0, 0.1) is 0 Å². The Bertz CT molecular complexity index is 504. The van der Waals surface area contributed by atoms with Crippen LogP contribution in [0.4, 0.5) is 0 Å². The molecule has 0 bridgehead atoms. The summed E-state index contributed by atoms with van der Waals surface area (Å²) in [5.74, 6) is 0. The molecular weight excluding hydrogens is 238 g/mol. The Kier molecular flexibility index (Phi) is 3.48. The number of hydrogen-bond acceptors (Lipinski definition) is 2. The molecule has 0 saturated heterocycles. The van der Waals surface area contributed by atoms with Crippen LogP contribution in [0.25, 0.3) is 0 Å². The minimum atomic E-state index is 0.472. The molecule has 18 heavy (non-hydrogen) atoms. The third-order valence-corrected chi connectivity index (χ3v) is 4.86. The fraction of sp³-hybridized carbons (Fsp3) is 0.375. The van der Waals surface area contributed by atoms with E-state index in [1.807, 2.05) is 11.3 Å². The van der Waals surface area contributed by atoms with E-state index in [4.69, 9.17) is 0 Å². The fourth-order valence-electron chi connectivity index (χ4n) is 2.81. The normalized spacial score (nSPS) is 20.4. The largest absolute Gasteiger partial charge is 0.306 e. The Hall–Kier alpha value is -1.12. The first-order valence-corrected chi connectivity index (χ1v) is 7.57. The number of rotatable bonds is 3. The average Bonchev–Trinajstić information content (AvgIpc) is 2.92. The second-order valence-corrected chi connectivity index (χ2v) is 6.09. The lowest BCUT2D eigenvalue weighted by Crippen LogP contribution is -2.36. The lowest BCUT2D eigenvalue weighted by molar-refractivity contribution is 0.417. The van der Waals surface area contributed by atoms with Crippen molar-refractivity contribution in [3.8, 4) is 0 Å². The van der Waals surface area contributed by atoms with Crippen LogP contribution in [0.5, 0.6) is 0 Å². The van der Waals surface area contributed by atoms with Crippen LogP contribution in [0.15, 0.2) is 41.8 Å². The second-order valence-electron chi connectivity index (χ2n) is 5.11. The number of benzene rings is 1. The van der Waals surface area contributed by atoms with E-state index < -0.39 is 0 Å². The van der Waals surface area contributed by atoms with Crippen LogP contribution >= 0.6 is 11.3 Å². The predicted octanol–water partition coefficient (Wildman–Crippen LogP) is 3.96. The van der Waals surface area contributed by atoms with Gasteiger partial charge in [-0.1, -0.05) is 30.3 Å². The van der Waals surface area contributed by atoms with Crippen molar-refractivity contribution in [2.24, 2.45) is 0 Å². The molecule has 1 unspecified atom stereocenters. The highest BCUT2D eigenvalue weighted by Crippen LogP contribution is 2.24. The van der Waals surface area contributed by atoms with Crippen molar-refractivity contribution in [1.29, 1.82) is 0 Å². The third-order valence-electron chi connectivity index (χ3n) is 3.80. The quantitative estimate of drug-likeness (QED) is 0.877. The van der Waals surface area contributed by atoms with Gasteiger partial charge in [0.25, 0.3) is 0 Å². The molecule has 94 valence electrons. The van der Waals surface area contributed by atoms with Crippen molar-refractivity contribution in [3.05, 3.63) is 57.8 Å². The minimum Gasteiger partial charge on any atom is -0.306 e. The maximum absolute atomic E-state index is 3.77. The van der Waals surface area contributed by atoms with Crippen LogP contribution in [0.3, 0.4) is 0 Å². The first-order chi connectivity index (χ1) is 8.83. The van der Waals surface area contributed by atoms with Gasteiger partial charge >= 0.3 is 0 Å². The van der Waals surface area contributed by atoms with Gasteiger partial charge in [0, 0.05) is 17.0 Å². The summed E-state index contributed by atoms with van der Waals surface area (Å²) in [5.41, 5.74) is 3.07. The first-order valence-electron chi connectivity index (χ1n) is 6.69. The Labute approximate surface area is 113 Å². The van der Waals surface area contributed by atoms with Crippen molar-refractivity contribution in [2.75, 3.05) is 0 Å². The predicted molar refractivity (Wildman–Crippen MR) is 78.1 cm³/mol. The number of thiophene rings is 1. The lowest BCUT2D eigenvalue weighted by atomic mass is 9.88. The summed E-state index contributed by atoms with van der Waals surface area (Å²) in [5, 5.41) is 5.93. The highest BCUT2D eigenvalue weighted by Gasteiger charge is 2.20. The molecule has 0 spiro atoms. The Morgan fingerprint density at radius 3 is 2.78 bits per heavy atom. The molecular formula is C16H19NS. The molecule has 1 aromatic heterocycles. The Morgan fingerprint density at radius 1 is 1.17 bits per heavy atom. The smallest absolute Gasteiger partial charge is 0.0388 e. The zero-order valence-corrected chi connectivity index (χ0v) is 11.5. The van der Waals surface area contributed by atoms with E-state index in [1.165, 1.54) is 29.7 Å².